The Balaban J connectivity index is 1.41. The molecule has 4 aromatic rings. The quantitative estimate of drug-likeness (QED) is 0.198. The predicted molar refractivity (Wildman–Crippen MR) is 139 cm³/mol. The molecular formula is C26H24ClN7. The number of halogens is 1. The molecule has 8 heteroatoms. The van der Waals surface area contributed by atoms with Gasteiger partial charge in [-0.25, -0.2) is 5.53 Å². The third-order valence-corrected chi connectivity index (χ3v) is 5.32. The molecule has 34 heavy (non-hydrogen) atoms. The Bertz CT molecular complexity index is 1320. The van der Waals surface area contributed by atoms with Crippen molar-refractivity contribution in [2.75, 3.05) is 16.0 Å². The first-order valence-electron chi connectivity index (χ1n) is 10.6. The summed E-state index contributed by atoms with van der Waals surface area (Å²) >= 11 is 6.22. The van der Waals surface area contributed by atoms with Crippen LogP contribution in [0.4, 0.5) is 28.4 Å². The van der Waals surface area contributed by atoms with Crippen LogP contribution >= 0.6 is 11.6 Å². The van der Waals surface area contributed by atoms with Crippen molar-refractivity contribution in [2.24, 2.45) is 5.11 Å². The molecule has 2 heterocycles. The van der Waals surface area contributed by atoms with Gasteiger partial charge in [-0.3, -0.25) is 9.97 Å². The molecule has 0 amide bonds. The Morgan fingerprint density at radius 3 is 2.18 bits per heavy atom. The molecule has 0 aliphatic rings. The summed E-state index contributed by atoms with van der Waals surface area (Å²) in [4.78, 5) is 8.38. The van der Waals surface area contributed by atoms with Gasteiger partial charge in [0.25, 0.3) is 0 Å². The van der Waals surface area contributed by atoms with Crippen LogP contribution in [-0.2, 0) is 0 Å². The number of rotatable bonds is 8. The summed E-state index contributed by atoms with van der Waals surface area (Å²) in [5.74, 6) is 0. The van der Waals surface area contributed by atoms with Gasteiger partial charge in [0, 0.05) is 58.3 Å². The van der Waals surface area contributed by atoms with Gasteiger partial charge in [0.2, 0.25) is 0 Å². The summed E-state index contributed by atoms with van der Waals surface area (Å²) in [7, 11) is 0. The number of pyridine rings is 2. The molecule has 0 saturated heterocycles. The first-order chi connectivity index (χ1) is 16.5. The number of aromatic nitrogens is 2. The van der Waals surface area contributed by atoms with Crippen molar-refractivity contribution in [1.29, 1.82) is 5.53 Å². The fourth-order valence-electron chi connectivity index (χ4n) is 3.29. The lowest BCUT2D eigenvalue weighted by Gasteiger charge is -2.10. The Labute approximate surface area is 203 Å². The molecule has 0 fully saturated rings. The molecule has 4 N–H and O–H groups in total. The zero-order chi connectivity index (χ0) is 23.9. The minimum atomic E-state index is 0.513. The molecule has 0 aliphatic heterocycles. The van der Waals surface area contributed by atoms with Gasteiger partial charge in [-0.15, -0.1) is 0 Å². The molecular weight excluding hydrogens is 446 g/mol. The summed E-state index contributed by atoms with van der Waals surface area (Å²) in [6.45, 7) is 3.87. The van der Waals surface area contributed by atoms with Gasteiger partial charge in [-0.05, 0) is 68.4 Å². The standard InChI is InChI=1S/C26H24ClN7/c1-17-13-23(11-12-29-17)32-21-9-7-20(8-10-21)31-16-26(34-28)19-3-5-22(6-4-19)33-25-14-18(2)30-15-24(25)27/h3-16,28,31H,1-2H3,(H,29,32)(H,30,33)/b26-16-,34-28?. The van der Waals surface area contributed by atoms with Crippen LogP contribution in [0.2, 0.25) is 5.02 Å². The fourth-order valence-corrected chi connectivity index (χ4v) is 3.44. The van der Waals surface area contributed by atoms with Crippen molar-refractivity contribution < 1.29 is 0 Å². The van der Waals surface area contributed by atoms with E-state index < -0.39 is 0 Å². The van der Waals surface area contributed by atoms with Crippen molar-refractivity contribution in [3.8, 4) is 0 Å². The first-order valence-corrected chi connectivity index (χ1v) is 11.0. The zero-order valence-electron chi connectivity index (χ0n) is 18.8. The van der Waals surface area contributed by atoms with E-state index in [2.05, 4.69) is 31.0 Å². The van der Waals surface area contributed by atoms with E-state index in [-0.39, 0.29) is 0 Å². The monoisotopic (exact) mass is 469 g/mol. The zero-order valence-corrected chi connectivity index (χ0v) is 19.6. The lowest BCUT2D eigenvalue weighted by molar-refractivity contribution is 1.15. The Hall–Kier alpha value is -4.23. The molecule has 0 saturated carbocycles. The van der Waals surface area contributed by atoms with Crippen LogP contribution in [0.3, 0.4) is 0 Å². The highest BCUT2D eigenvalue weighted by atomic mass is 35.5. The summed E-state index contributed by atoms with van der Waals surface area (Å²) in [6, 6.07) is 21.3. The van der Waals surface area contributed by atoms with Gasteiger partial charge in [-0.2, -0.15) is 5.11 Å². The molecule has 0 unspecified atom stereocenters. The number of nitrogens with one attached hydrogen (secondary N) is 4. The molecule has 7 nitrogen and oxygen atoms in total. The Morgan fingerprint density at radius 2 is 1.47 bits per heavy atom. The molecule has 170 valence electrons. The van der Waals surface area contributed by atoms with Crippen LogP contribution in [0, 0.1) is 19.4 Å². The maximum Gasteiger partial charge on any atom is 0.108 e. The minimum absolute atomic E-state index is 0.513. The second-order valence-electron chi connectivity index (χ2n) is 7.68. The molecule has 2 aromatic heterocycles. The van der Waals surface area contributed by atoms with Gasteiger partial charge in [0.15, 0.2) is 0 Å². The molecule has 2 aromatic carbocycles. The van der Waals surface area contributed by atoms with Crippen molar-refractivity contribution >= 4 is 45.7 Å². The van der Waals surface area contributed by atoms with E-state index in [1.54, 1.807) is 18.6 Å². The Kier molecular flexibility index (Phi) is 7.15. The van der Waals surface area contributed by atoms with Crippen LogP contribution in [0.25, 0.3) is 5.70 Å². The van der Waals surface area contributed by atoms with E-state index in [1.807, 2.05) is 80.6 Å². The normalized spacial score (nSPS) is 11.1. The number of aryl methyl sites for hydroxylation is 2. The summed E-state index contributed by atoms with van der Waals surface area (Å²) in [5.41, 5.74) is 15.3. The average molecular weight is 470 g/mol. The third-order valence-electron chi connectivity index (χ3n) is 5.02. The topological polar surface area (TPSA) is 98.1 Å². The molecule has 0 bridgehead atoms. The van der Waals surface area contributed by atoms with E-state index in [1.165, 1.54) is 0 Å². The number of anilines is 5. The van der Waals surface area contributed by atoms with Crippen molar-refractivity contribution in [2.45, 2.75) is 13.8 Å². The minimum Gasteiger partial charge on any atom is -0.360 e. The SMILES string of the molecule is Cc1cc(Nc2ccc(N/C=C(\N=N)c3ccc(Nc4cc(C)ncc4Cl)cc3)cc2)ccn1. The van der Waals surface area contributed by atoms with Gasteiger partial charge in [-0.1, -0.05) is 23.7 Å². The van der Waals surface area contributed by atoms with Gasteiger partial charge >= 0.3 is 0 Å². The van der Waals surface area contributed by atoms with Crippen LogP contribution in [0.1, 0.15) is 17.0 Å². The van der Waals surface area contributed by atoms with Crippen LogP contribution in [0.5, 0.6) is 0 Å². The maximum atomic E-state index is 7.59. The maximum absolute atomic E-state index is 7.59. The second kappa shape index (κ2) is 10.6. The third kappa shape index (κ3) is 5.96. The highest BCUT2D eigenvalue weighted by Gasteiger charge is 2.05. The summed E-state index contributed by atoms with van der Waals surface area (Å²) in [6.07, 6.45) is 5.12. The summed E-state index contributed by atoms with van der Waals surface area (Å²) in [5, 5.41) is 14.1. The first kappa shape index (κ1) is 22.9. The second-order valence-corrected chi connectivity index (χ2v) is 8.09. The summed E-state index contributed by atoms with van der Waals surface area (Å²) < 4.78 is 0. The van der Waals surface area contributed by atoms with E-state index in [0.29, 0.717) is 10.7 Å². The number of hydrogen-bond acceptors (Lipinski definition) is 7. The Morgan fingerprint density at radius 1 is 0.824 bits per heavy atom. The van der Waals surface area contributed by atoms with E-state index in [9.17, 15) is 0 Å². The number of hydrogen-bond donors (Lipinski definition) is 4. The van der Waals surface area contributed by atoms with Crippen LogP contribution in [0.15, 0.2) is 90.4 Å². The largest absolute Gasteiger partial charge is 0.360 e. The number of nitrogens with zero attached hydrogens (tertiary/aromatic N) is 3. The van der Waals surface area contributed by atoms with E-state index in [0.717, 1.165) is 45.4 Å². The van der Waals surface area contributed by atoms with Gasteiger partial charge in [0.05, 0.1) is 10.7 Å². The van der Waals surface area contributed by atoms with E-state index >= 15 is 0 Å². The number of benzene rings is 2. The molecule has 0 aliphatic carbocycles. The van der Waals surface area contributed by atoms with Crippen LogP contribution < -0.4 is 16.0 Å². The van der Waals surface area contributed by atoms with Crippen LogP contribution in [-0.4, -0.2) is 9.97 Å². The lowest BCUT2D eigenvalue weighted by Crippen LogP contribution is -1.95. The lowest BCUT2D eigenvalue weighted by atomic mass is 10.1. The van der Waals surface area contributed by atoms with Gasteiger partial charge < -0.3 is 16.0 Å². The average Bonchev–Trinajstić information content (AvgIpc) is 2.84. The molecule has 0 radical (unpaired) electrons. The van der Waals surface area contributed by atoms with Crippen molar-refractivity contribution in [1.82, 2.24) is 9.97 Å². The smallest absolute Gasteiger partial charge is 0.108 e. The molecule has 0 atom stereocenters. The predicted octanol–water partition coefficient (Wildman–Crippen LogP) is 7.68. The molecule has 0 spiro atoms. The van der Waals surface area contributed by atoms with E-state index in [4.69, 9.17) is 17.1 Å². The molecule has 4 rings (SSSR count). The fraction of sp³-hybridized carbons (Fsp3) is 0.0769. The van der Waals surface area contributed by atoms with Gasteiger partial charge in [0.1, 0.15) is 5.70 Å². The highest BCUT2D eigenvalue weighted by Crippen LogP contribution is 2.27. The highest BCUT2D eigenvalue weighted by molar-refractivity contribution is 6.33. The van der Waals surface area contributed by atoms with Crippen molar-refractivity contribution in [3.05, 3.63) is 107 Å². The van der Waals surface area contributed by atoms with Crippen molar-refractivity contribution in [3.63, 3.8) is 0 Å².